The average molecular weight is 342 g/mol. The molecule has 0 unspecified atom stereocenters. The molecule has 0 spiro atoms. The van der Waals surface area contributed by atoms with E-state index in [9.17, 15) is 9.59 Å². The summed E-state index contributed by atoms with van der Waals surface area (Å²) in [5.74, 6) is 0.202. The van der Waals surface area contributed by atoms with Crippen LogP contribution < -0.4 is 0 Å². The van der Waals surface area contributed by atoms with E-state index in [0.717, 1.165) is 23.7 Å². The van der Waals surface area contributed by atoms with Crippen molar-refractivity contribution in [2.24, 2.45) is 5.41 Å². The molecule has 1 aromatic carbocycles. The number of para-hydroxylation sites is 1. The number of hydrogen-bond donors (Lipinski definition) is 0. The fourth-order valence-corrected chi connectivity index (χ4v) is 3.30. The summed E-state index contributed by atoms with van der Waals surface area (Å²) in [6.07, 6.45) is 3.79. The predicted molar refractivity (Wildman–Crippen MR) is 97.3 cm³/mol. The first kappa shape index (κ1) is 17.7. The van der Waals surface area contributed by atoms with Gasteiger partial charge in [-0.1, -0.05) is 18.2 Å². The van der Waals surface area contributed by atoms with E-state index in [0.29, 0.717) is 19.0 Å². The van der Waals surface area contributed by atoms with Gasteiger partial charge in [-0.05, 0) is 51.2 Å². The molecular weight excluding hydrogens is 316 g/mol. The molecule has 1 aliphatic heterocycles. The number of hydroxylamine groups is 2. The highest BCUT2D eigenvalue weighted by Gasteiger charge is 2.29. The Kier molecular flexibility index (Phi) is 4.69. The first-order valence-corrected chi connectivity index (χ1v) is 8.85. The van der Waals surface area contributed by atoms with Gasteiger partial charge in [0, 0.05) is 31.6 Å². The first-order chi connectivity index (χ1) is 11.8. The largest absolute Gasteiger partial charge is 0.367 e. The summed E-state index contributed by atoms with van der Waals surface area (Å²) in [5.41, 5.74) is 1.69. The molecule has 134 valence electrons. The van der Waals surface area contributed by atoms with Crippen molar-refractivity contribution in [2.75, 3.05) is 13.1 Å². The number of benzene rings is 1. The Labute approximate surface area is 148 Å². The second-order valence-electron chi connectivity index (χ2n) is 7.82. The van der Waals surface area contributed by atoms with Crippen LogP contribution in [0.1, 0.15) is 56.8 Å². The van der Waals surface area contributed by atoms with Crippen LogP contribution in [-0.2, 0) is 9.63 Å². The second-order valence-corrected chi connectivity index (χ2v) is 7.82. The summed E-state index contributed by atoms with van der Waals surface area (Å²) in [7, 11) is 0. The van der Waals surface area contributed by atoms with Crippen LogP contribution in [0, 0.1) is 5.41 Å². The maximum atomic E-state index is 12.0. The standard InChI is InChI=1S/C20H26N2O3/c1-14(23)22-13-17(16-7-5-6-8-18(16)22)15-9-11-21(12-10-15)25-19(24)20(2,3)4/h5-8,13,15H,9-12H2,1-4H3. The zero-order valence-electron chi connectivity index (χ0n) is 15.4. The molecule has 1 saturated heterocycles. The minimum Gasteiger partial charge on any atom is -0.367 e. The molecule has 3 rings (SSSR count). The van der Waals surface area contributed by atoms with Gasteiger partial charge in [0.1, 0.15) is 0 Å². The molecule has 0 aliphatic carbocycles. The Balaban J connectivity index is 1.75. The Morgan fingerprint density at radius 1 is 1.12 bits per heavy atom. The Morgan fingerprint density at radius 2 is 1.76 bits per heavy atom. The van der Waals surface area contributed by atoms with Gasteiger partial charge in [-0.2, -0.15) is 0 Å². The molecule has 1 aromatic heterocycles. The Hall–Kier alpha value is -2.14. The van der Waals surface area contributed by atoms with E-state index in [1.807, 2.05) is 45.2 Å². The van der Waals surface area contributed by atoms with Crippen LogP contribution in [0.5, 0.6) is 0 Å². The second kappa shape index (κ2) is 6.64. The summed E-state index contributed by atoms with van der Waals surface area (Å²) in [4.78, 5) is 29.5. The van der Waals surface area contributed by atoms with Crippen molar-refractivity contribution in [1.82, 2.24) is 9.63 Å². The summed E-state index contributed by atoms with van der Waals surface area (Å²) >= 11 is 0. The maximum Gasteiger partial charge on any atom is 0.330 e. The molecular formula is C20H26N2O3. The van der Waals surface area contributed by atoms with Gasteiger partial charge in [-0.25, -0.2) is 4.79 Å². The van der Waals surface area contributed by atoms with Crippen molar-refractivity contribution in [2.45, 2.75) is 46.5 Å². The van der Waals surface area contributed by atoms with Crippen molar-refractivity contribution in [1.29, 1.82) is 0 Å². The molecule has 0 radical (unpaired) electrons. The van der Waals surface area contributed by atoms with Crippen LogP contribution in [0.15, 0.2) is 30.5 Å². The van der Waals surface area contributed by atoms with E-state index in [-0.39, 0.29) is 11.9 Å². The number of aromatic nitrogens is 1. The van der Waals surface area contributed by atoms with E-state index in [1.54, 1.807) is 16.6 Å². The number of hydrogen-bond acceptors (Lipinski definition) is 4. The van der Waals surface area contributed by atoms with Crippen LogP contribution >= 0.6 is 0 Å². The van der Waals surface area contributed by atoms with E-state index < -0.39 is 5.41 Å². The molecule has 5 nitrogen and oxygen atoms in total. The topological polar surface area (TPSA) is 51.5 Å². The molecule has 0 N–H and O–H groups in total. The molecule has 5 heteroatoms. The number of piperidine rings is 1. The quantitative estimate of drug-likeness (QED) is 0.828. The summed E-state index contributed by atoms with van der Waals surface area (Å²) in [6, 6.07) is 8.03. The lowest BCUT2D eigenvalue weighted by atomic mass is 9.90. The predicted octanol–water partition coefficient (Wildman–Crippen LogP) is 3.99. The van der Waals surface area contributed by atoms with E-state index >= 15 is 0 Å². The zero-order chi connectivity index (χ0) is 18.2. The summed E-state index contributed by atoms with van der Waals surface area (Å²) in [6.45, 7) is 8.60. The van der Waals surface area contributed by atoms with Gasteiger partial charge in [0.15, 0.2) is 0 Å². The molecule has 0 bridgehead atoms. The lowest BCUT2D eigenvalue weighted by Crippen LogP contribution is -2.38. The molecule has 2 aromatic rings. The minimum atomic E-state index is -0.494. The van der Waals surface area contributed by atoms with Gasteiger partial charge < -0.3 is 4.84 Å². The lowest BCUT2D eigenvalue weighted by molar-refractivity contribution is -0.204. The molecule has 1 aliphatic rings. The third kappa shape index (κ3) is 3.61. The van der Waals surface area contributed by atoms with Crippen LogP contribution in [0.4, 0.5) is 0 Å². The number of fused-ring (bicyclic) bond motifs is 1. The van der Waals surface area contributed by atoms with Crippen LogP contribution in [0.25, 0.3) is 10.9 Å². The highest BCUT2D eigenvalue weighted by molar-refractivity contribution is 5.93. The fourth-order valence-electron chi connectivity index (χ4n) is 3.30. The van der Waals surface area contributed by atoms with Crippen LogP contribution in [0.2, 0.25) is 0 Å². The van der Waals surface area contributed by atoms with Crippen LogP contribution in [0.3, 0.4) is 0 Å². The summed E-state index contributed by atoms with van der Waals surface area (Å²) < 4.78 is 1.73. The highest BCUT2D eigenvalue weighted by atomic mass is 16.7. The molecule has 25 heavy (non-hydrogen) atoms. The first-order valence-electron chi connectivity index (χ1n) is 8.85. The minimum absolute atomic E-state index is 0.0268. The van der Waals surface area contributed by atoms with Crippen molar-refractivity contribution in [3.63, 3.8) is 0 Å². The molecule has 0 atom stereocenters. The Bertz CT molecular complexity index is 793. The van der Waals surface area contributed by atoms with Crippen molar-refractivity contribution < 1.29 is 14.4 Å². The third-order valence-electron chi connectivity index (χ3n) is 4.80. The SMILES string of the molecule is CC(=O)n1cc(C2CCN(OC(=O)C(C)(C)C)CC2)c2ccccc21. The van der Waals surface area contributed by atoms with E-state index in [1.165, 1.54) is 5.56 Å². The van der Waals surface area contributed by atoms with Crippen molar-refractivity contribution >= 4 is 22.8 Å². The van der Waals surface area contributed by atoms with E-state index in [2.05, 4.69) is 6.07 Å². The molecule has 0 saturated carbocycles. The average Bonchev–Trinajstić information content (AvgIpc) is 2.94. The van der Waals surface area contributed by atoms with Gasteiger partial charge >= 0.3 is 5.97 Å². The number of rotatable bonds is 2. The van der Waals surface area contributed by atoms with Gasteiger partial charge in [-0.15, -0.1) is 5.06 Å². The normalized spacial score (nSPS) is 17.0. The van der Waals surface area contributed by atoms with Crippen LogP contribution in [-0.4, -0.2) is 34.6 Å². The lowest BCUT2D eigenvalue weighted by Gasteiger charge is -2.32. The van der Waals surface area contributed by atoms with Crippen molar-refractivity contribution in [3.05, 3.63) is 36.0 Å². The number of carbonyl (C=O) groups is 2. The van der Waals surface area contributed by atoms with Crippen molar-refractivity contribution in [3.8, 4) is 0 Å². The third-order valence-corrected chi connectivity index (χ3v) is 4.80. The molecule has 0 amide bonds. The van der Waals surface area contributed by atoms with Gasteiger partial charge in [0.05, 0.1) is 10.9 Å². The smallest absolute Gasteiger partial charge is 0.330 e. The fraction of sp³-hybridized carbons (Fsp3) is 0.500. The highest BCUT2D eigenvalue weighted by Crippen LogP contribution is 2.34. The number of carbonyl (C=O) groups excluding carboxylic acids is 2. The van der Waals surface area contributed by atoms with Gasteiger partial charge in [0.2, 0.25) is 5.91 Å². The number of nitrogens with zero attached hydrogens (tertiary/aromatic N) is 2. The monoisotopic (exact) mass is 342 g/mol. The van der Waals surface area contributed by atoms with Gasteiger partial charge in [0.25, 0.3) is 0 Å². The van der Waals surface area contributed by atoms with E-state index in [4.69, 9.17) is 4.84 Å². The van der Waals surface area contributed by atoms with Gasteiger partial charge in [-0.3, -0.25) is 9.36 Å². The molecule has 1 fully saturated rings. The Morgan fingerprint density at radius 3 is 2.36 bits per heavy atom. The maximum absolute atomic E-state index is 12.0. The zero-order valence-corrected chi connectivity index (χ0v) is 15.4. The molecule has 2 heterocycles. The summed E-state index contributed by atoms with van der Waals surface area (Å²) in [5, 5.41) is 2.91.